The third-order valence-corrected chi connectivity index (χ3v) is 5.13. The molecule has 3 rings (SSSR count). The number of hydrogen-bond donors (Lipinski definition) is 3. The topological polar surface area (TPSA) is 78.0 Å². The molecule has 32 heavy (non-hydrogen) atoms. The molecule has 0 bridgehead atoms. The van der Waals surface area contributed by atoms with Crippen LogP contribution in [-0.4, -0.2) is 43.6 Å². The van der Waals surface area contributed by atoms with Gasteiger partial charge < -0.3 is 25.6 Å². The van der Waals surface area contributed by atoms with Gasteiger partial charge in [-0.25, -0.2) is 4.79 Å². The predicted molar refractivity (Wildman–Crippen MR) is 121 cm³/mol. The summed E-state index contributed by atoms with van der Waals surface area (Å²) in [7, 11) is 1.63. The molecule has 0 saturated carbocycles. The number of ether oxygens (including phenoxy) is 1. The Morgan fingerprint density at radius 2 is 1.88 bits per heavy atom. The molecule has 1 fully saturated rings. The van der Waals surface area contributed by atoms with Crippen LogP contribution in [0.1, 0.15) is 29.5 Å². The lowest BCUT2D eigenvalue weighted by molar-refractivity contribution is -0.0504. The second-order valence-electron chi connectivity index (χ2n) is 7.59. The number of guanidine groups is 1. The van der Waals surface area contributed by atoms with Gasteiger partial charge >= 0.3 is 12.6 Å². The van der Waals surface area contributed by atoms with E-state index in [0.717, 1.165) is 42.7 Å². The van der Waals surface area contributed by atoms with Crippen LogP contribution in [0, 0.1) is 6.92 Å². The minimum Gasteiger partial charge on any atom is -0.434 e. The van der Waals surface area contributed by atoms with Crippen LogP contribution >= 0.6 is 0 Å². The summed E-state index contributed by atoms with van der Waals surface area (Å²) in [6, 6.07) is 12.6. The molecule has 0 radical (unpaired) electrons. The molecular weight excluding hydrogens is 416 g/mol. The molecule has 0 unspecified atom stereocenters. The maximum absolute atomic E-state index is 12.7. The van der Waals surface area contributed by atoms with E-state index in [1.165, 1.54) is 6.07 Å². The van der Waals surface area contributed by atoms with Crippen molar-refractivity contribution in [3.63, 3.8) is 0 Å². The molecule has 1 heterocycles. The van der Waals surface area contributed by atoms with E-state index in [9.17, 15) is 13.6 Å². The highest BCUT2D eigenvalue weighted by Gasteiger charge is 2.17. The van der Waals surface area contributed by atoms with Gasteiger partial charge in [0.25, 0.3) is 0 Å². The maximum Gasteiger partial charge on any atom is 0.387 e. The van der Waals surface area contributed by atoms with Crippen molar-refractivity contribution in [1.29, 1.82) is 0 Å². The Kier molecular flexibility index (Phi) is 8.24. The lowest BCUT2D eigenvalue weighted by Gasteiger charge is -2.17. The number of carbonyl (C=O) groups excluding carboxylic acids is 1. The van der Waals surface area contributed by atoms with Gasteiger partial charge in [0.2, 0.25) is 0 Å². The number of anilines is 1. The van der Waals surface area contributed by atoms with Gasteiger partial charge in [0.05, 0.1) is 0 Å². The Morgan fingerprint density at radius 1 is 1.12 bits per heavy atom. The molecule has 1 saturated heterocycles. The zero-order valence-corrected chi connectivity index (χ0v) is 18.3. The number of benzene rings is 2. The zero-order chi connectivity index (χ0) is 22.9. The minimum absolute atomic E-state index is 0.0786. The number of urea groups is 1. The number of carbonyl (C=O) groups is 1. The van der Waals surface area contributed by atoms with Crippen LogP contribution in [0.5, 0.6) is 5.75 Å². The standard InChI is InChI=1S/C23H29F2N5O2/c1-16-8-9-20(32-21(24)25)18(12-16)15-28-22(26-2)27-14-17-6-5-7-19(13-17)29-23(31)30-10-3-4-11-30/h5-9,12-13,21H,3-4,10-11,14-15H2,1-2H3,(H,29,31)(H2,26,27,28). The fraction of sp³-hybridized carbons (Fsp3) is 0.391. The SMILES string of the molecule is CN=C(NCc1cccc(NC(=O)N2CCCC2)c1)NCc1cc(C)ccc1OC(F)F. The maximum atomic E-state index is 12.7. The van der Waals surface area contributed by atoms with Gasteiger partial charge in [0, 0.05) is 44.5 Å². The number of nitrogens with zero attached hydrogens (tertiary/aromatic N) is 2. The number of hydrogen-bond acceptors (Lipinski definition) is 3. The molecule has 2 aromatic rings. The summed E-state index contributed by atoms with van der Waals surface area (Å²) in [4.78, 5) is 18.3. The van der Waals surface area contributed by atoms with Crippen molar-refractivity contribution in [3.8, 4) is 5.75 Å². The molecular formula is C23H29F2N5O2. The average Bonchev–Trinajstić information content (AvgIpc) is 3.31. The molecule has 0 spiro atoms. The number of alkyl halides is 2. The molecule has 0 aliphatic carbocycles. The van der Waals surface area contributed by atoms with Gasteiger partial charge in [-0.3, -0.25) is 4.99 Å². The van der Waals surface area contributed by atoms with Crippen LogP contribution in [0.4, 0.5) is 19.3 Å². The summed E-state index contributed by atoms with van der Waals surface area (Å²) in [6.45, 7) is 1.33. The Hall–Kier alpha value is -3.36. The lowest BCUT2D eigenvalue weighted by atomic mass is 10.1. The van der Waals surface area contributed by atoms with E-state index in [4.69, 9.17) is 0 Å². The van der Waals surface area contributed by atoms with Gasteiger partial charge in [-0.15, -0.1) is 0 Å². The Morgan fingerprint density at radius 3 is 2.59 bits per heavy atom. The van der Waals surface area contributed by atoms with Crippen molar-refractivity contribution >= 4 is 17.7 Å². The first-order valence-corrected chi connectivity index (χ1v) is 10.6. The number of nitrogens with one attached hydrogen (secondary N) is 3. The van der Waals surface area contributed by atoms with Crippen LogP contribution in [0.25, 0.3) is 0 Å². The molecule has 9 heteroatoms. The van der Waals surface area contributed by atoms with E-state index in [1.54, 1.807) is 19.2 Å². The monoisotopic (exact) mass is 445 g/mol. The van der Waals surface area contributed by atoms with Gasteiger partial charge in [-0.1, -0.05) is 29.8 Å². The minimum atomic E-state index is -2.88. The van der Waals surface area contributed by atoms with E-state index in [-0.39, 0.29) is 18.3 Å². The third-order valence-electron chi connectivity index (χ3n) is 5.13. The molecule has 2 aromatic carbocycles. The van der Waals surface area contributed by atoms with Crippen molar-refractivity contribution < 1.29 is 18.3 Å². The van der Waals surface area contributed by atoms with E-state index in [2.05, 4.69) is 25.7 Å². The first-order valence-electron chi connectivity index (χ1n) is 10.6. The first kappa shape index (κ1) is 23.3. The highest BCUT2D eigenvalue weighted by Crippen LogP contribution is 2.22. The van der Waals surface area contributed by atoms with Gasteiger partial charge in [0.15, 0.2) is 5.96 Å². The van der Waals surface area contributed by atoms with Crippen LogP contribution in [0.3, 0.4) is 0 Å². The largest absolute Gasteiger partial charge is 0.434 e. The highest BCUT2D eigenvalue weighted by molar-refractivity contribution is 5.89. The average molecular weight is 446 g/mol. The molecule has 3 N–H and O–H groups in total. The van der Waals surface area contributed by atoms with Crippen molar-refractivity contribution in [2.24, 2.45) is 4.99 Å². The van der Waals surface area contributed by atoms with Gasteiger partial charge in [-0.05, 0) is 43.5 Å². The number of aliphatic imine (C=N–C) groups is 1. The molecule has 1 aliphatic heterocycles. The van der Waals surface area contributed by atoms with Crippen LogP contribution < -0.4 is 20.7 Å². The van der Waals surface area contributed by atoms with Crippen LogP contribution in [0.2, 0.25) is 0 Å². The summed E-state index contributed by atoms with van der Waals surface area (Å²) >= 11 is 0. The van der Waals surface area contributed by atoms with Crippen LogP contribution in [-0.2, 0) is 13.1 Å². The van der Waals surface area contributed by atoms with Crippen molar-refractivity contribution in [3.05, 3.63) is 59.2 Å². The zero-order valence-electron chi connectivity index (χ0n) is 18.3. The van der Waals surface area contributed by atoms with Crippen molar-refractivity contribution in [2.45, 2.75) is 39.5 Å². The summed E-state index contributed by atoms with van der Waals surface area (Å²) in [5, 5.41) is 9.25. The smallest absolute Gasteiger partial charge is 0.387 e. The van der Waals surface area contributed by atoms with E-state index in [0.29, 0.717) is 18.1 Å². The summed E-state index contributed by atoms with van der Waals surface area (Å²) < 4.78 is 29.9. The van der Waals surface area contributed by atoms with Crippen molar-refractivity contribution in [1.82, 2.24) is 15.5 Å². The number of amides is 2. The Labute approximate surface area is 186 Å². The Bertz CT molecular complexity index is 946. The summed E-state index contributed by atoms with van der Waals surface area (Å²) in [6.07, 6.45) is 2.09. The second kappa shape index (κ2) is 11.3. The molecule has 172 valence electrons. The lowest BCUT2D eigenvalue weighted by Crippen LogP contribution is -2.36. The highest BCUT2D eigenvalue weighted by atomic mass is 19.3. The normalized spacial score (nSPS) is 13.9. The van der Waals surface area contributed by atoms with Crippen molar-refractivity contribution in [2.75, 3.05) is 25.5 Å². The third kappa shape index (κ3) is 6.83. The second-order valence-corrected chi connectivity index (χ2v) is 7.59. The Balaban J connectivity index is 1.55. The summed E-state index contributed by atoms with van der Waals surface area (Å²) in [5.41, 5.74) is 3.25. The van der Waals surface area contributed by atoms with E-state index in [1.807, 2.05) is 36.1 Å². The first-order chi connectivity index (χ1) is 15.4. The molecule has 0 atom stereocenters. The van der Waals surface area contributed by atoms with Crippen LogP contribution in [0.15, 0.2) is 47.5 Å². The molecule has 7 nitrogen and oxygen atoms in total. The quantitative estimate of drug-likeness (QED) is 0.443. The summed E-state index contributed by atoms with van der Waals surface area (Å²) in [5.74, 6) is 0.649. The predicted octanol–water partition coefficient (Wildman–Crippen LogP) is 4.09. The number of halogens is 2. The fourth-order valence-corrected chi connectivity index (χ4v) is 3.52. The van der Waals surface area contributed by atoms with Gasteiger partial charge in [0.1, 0.15) is 5.75 Å². The van der Waals surface area contributed by atoms with E-state index >= 15 is 0 Å². The number of likely N-dealkylation sites (tertiary alicyclic amines) is 1. The van der Waals surface area contributed by atoms with Gasteiger partial charge in [-0.2, -0.15) is 8.78 Å². The number of rotatable bonds is 7. The van der Waals surface area contributed by atoms with E-state index < -0.39 is 6.61 Å². The molecule has 2 amide bonds. The molecule has 1 aliphatic rings. The fourth-order valence-electron chi connectivity index (χ4n) is 3.52. The molecule has 0 aromatic heterocycles. The number of aryl methyl sites for hydroxylation is 1.